The minimum Gasteiger partial charge on any atom is -0.487 e. The van der Waals surface area contributed by atoms with Crippen molar-refractivity contribution < 1.29 is 19.4 Å². The molecule has 0 unspecified atom stereocenters. The van der Waals surface area contributed by atoms with Crippen LogP contribution in [0.2, 0.25) is 0 Å². The van der Waals surface area contributed by atoms with E-state index in [9.17, 15) is 14.7 Å². The lowest BCUT2D eigenvalue weighted by molar-refractivity contribution is -0.137. The van der Waals surface area contributed by atoms with E-state index in [2.05, 4.69) is 64.1 Å². The molecule has 0 aromatic heterocycles. The Balaban J connectivity index is 1.44. The molecule has 1 N–H and O–H groups in total. The van der Waals surface area contributed by atoms with Gasteiger partial charge in [0.25, 0.3) is 5.91 Å². The Kier molecular flexibility index (Phi) is 9.67. The molecule has 0 fully saturated rings. The first kappa shape index (κ1) is 29.4. The molecule has 5 nitrogen and oxygen atoms in total. The van der Waals surface area contributed by atoms with Crippen molar-refractivity contribution in [1.29, 1.82) is 0 Å². The Labute approximate surface area is 239 Å². The second-order valence-corrected chi connectivity index (χ2v) is 11.9. The number of carbonyl (C=O) groups excluding carboxylic acids is 1. The highest BCUT2D eigenvalue weighted by Gasteiger charge is 2.32. The number of aliphatic carboxylic acids is 1. The number of hydrogen-bond acceptors (Lipinski definition) is 3. The van der Waals surface area contributed by atoms with Gasteiger partial charge in [0.1, 0.15) is 17.9 Å². The lowest BCUT2D eigenvalue weighted by Crippen LogP contribution is -2.39. The fraction of sp³-hybridized carbons (Fsp3) is 0.429. The predicted molar refractivity (Wildman–Crippen MR) is 160 cm³/mol. The predicted octanol–water partition coefficient (Wildman–Crippen LogP) is 7.28. The summed E-state index contributed by atoms with van der Waals surface area (Å²) in [6.45, 7) is 8.69. The van der Waals surface area contributed by atoms with E-state index < -0.39 is 5.97 Å². The molecule has 40 heavy (non-hydrogen) atoms. The maximum absolute atomic E-state index is 13.5. The lowest BCUT2D eigenvalue weighted by atomic mass is 9.86. The van der Waals surface area contributed by atoms with Crippen molar-refractivity contribution in [2.75, 3.05) is 6.54 Å². The third kappa shape index (κ3) is 7.97. The standard InChI is InChI=1S/C35H43NO4/c1-5-6-7-26-8-14-29(15-9-26)23-36(24-33(37)38)34(39)31-16-17-32-30(21-31)18-19-35(4,40-32)22-28-12-10-27(11-13-28)20-25(2)3/h8-17,21,25H,5-7,18-20,22-24H2,1-4H3,(H,37,38)/t35-/m1/s1. The second kappa shape index (κ2) is 13.2. The second-order valence-electron chi connectivity index (χ2n) is 11.9. The Morgan fingerprint density at radius 1 is 0.950 bits per heavy atom. The number of carboxylic acids is 1. The van der Waals surface area contributed by atoms with Crippen LogP contribution in [0.25, 0.3) is 0 Å². The molecule has 0 saturated carbocycles. The van der Waals surface area contributed by atoms with E-state index in [1.807, 2.05) is 24.3 Å². The number of hydrogen-bond donors (Lipinski definition) is 1. The van der Waals surface area contributed by atoms with Crippen molar-refractivity contribution in [1.82, 2.24) is 4.90 Å². The SMILES string of the molecule is CCCCc1ccc(CN(CC(=O)O)C(=O)c2ccc3c(c2)CC[C@](C)(Cc2ccc(CC(C)C)cc2)O3)cc1. The first-order valence-electron chi connectivity index (χ1n) is 14.6. The van der Waals surface area contributed by atoms with Crippen molar-refractivity contribution in [3.05, 3.63) is 100 Å². The van der Waals surface area contributed by atoms with Crippen LogP contribution >= 0.6 is 0 Å². The zero-order chi connectivity index (χ0) is 28.7. The van der Waals surface area contributed by atoms with Crippen LogP contribution in [-0.2, 0) is 37.0 Å². The number of carboxylic acid groups (broad SMARTS) is 1. The van der Waals surface area contributed by atoms with Gasteiger partial charge in [0.15, 0.2) is 0 Å². The van der Waals surface area contributed by atoms with Gasteiger partial charge in [-0.2, -0.15) is 0 Å². The summed E-state index contributed by atoms with van der Waals surface area (Å²) in [5, 5.41) is 9.51. The fourth-order valence-electron chi connectivity index (χ4n) is 5.50. The largest absolute Gasteiger partial charge is 0.487 e. The van der Waals surface area contributed by atoms with Gasteiger partial charge in [-0.25, -0.2) is 0 Å². The third-order valence-corrected chi connectivity index (χ3v) is 7.66. The monoisotopic (exact) mass is 541 g/mol. The van der Waals surface area contributed by atoms with E-state index in [-0.39, 0.29) is 24.6 Å². The molecule has 0 radical (unpaired) electrons. The van der Waals surface area contributed by atoms with Gasteiger partial charge < -0.3 is 14.7 Å². The molecule has 0 bridgehead atoms. The van der Waals surface area contributed by atoms with Crippen LogP contribution in [0.1, 0.15) is 85.1 Å². The van der Waals surface area contributed by atoms with Crippen LogP contribution in [0.3, 0.4) is 0 Å². The maximum atomic E-state index is 13.5. The highest BCUT2D eigenvalue weighted by Crippen LogP contribution is 2.36. The number of nitrogens with zero attached hydrogens (tertiary/aromatic N) is 1. The smallest absolute Gasteiger partial charge is 0.323 e. The summed E-state index contributed by atoms with van der Waals surface area (Å²) in [6.07, 6.45) is 6.84. The first-order chi connectivity index (χ1) is 19.1. The van der Waals surface area contributed by atoms with Gasteiger partial charge in [0, 0.05) is 18.5 Å². The Bertz CT molecular complexity index is 1300. The van der Waals surface area contributed by atoms with Crippen LogP contribution in [-0.4, -0.2) is 34.0 Å². The highest BCUT2D eigenvalue weighted by molar-refractivity contribution is 5.96. The zero-order valence-electron chi connectivity index (χ0n) is 24.4. The molecule has 1 atom stereocenters. The van der Waals surface area contributed by atoms with E-state index in [0.29, 0.717) is 11.5 Å². The molecule has 212 valence electrons. The van der Waals surface area contributed by atoms with E-state index in [1.165, 1.54) is 21.6 Å². The maximum Gasteiger partial charge on any atom is 0.323 e. The van der Waals surface area contributed by atoms with Crippen molar-refractivity contribution >= 4 is 11.9 Å². The average Bonchev–Trinajstić information content (AvgIpc) is 2.92. The lowest BCUT2D eigenvalue weighted by Gasteiger charge is -2.36. The Morgan fingerprint density at radius 3 is 2.25 bits per heavy atom. The summed E-state index contributed by atoms with van der Waals surface area (Å²) in [5.74, 6) is 0.128. The fourth-order valence-corrected chi connectivity index (χ4v) is 5.50. The molecule has 1 heterocycles. The number of carbonyl (C=O) groups is 2. The molecular weight excluding hydrogens is 498 g/mol. The third-order valence-electron chi connectivity index (χ3n) is 7.66. The molecule has 5 heteroatoms. The number of ether oxygens (including phenoxy) is 1. The minimum absolute atomic E-state index is 0.251. The van der Waals surface area contributed by atoms with Crippen molar-refractivity contribution in [3.8, 4) is 5.75 Å². The minimum atomic E-state index is -1.03. The van der Waals surface area contributed by atoms with E-state index in [4.69, 9.17) is 4.74 Å². The number of aryl methyl sites for hydroxylation is 2. The number of rotatable bonds is 12. The number of unbranched alkanes of at least 4 members (excludes halogenated alkanes) is 1. The van der Waals surface area contributed by atoms with Crippen LogP contribution in [0.15, 0.2) is 66.7 Å². The van der Waals surface area contributed by atoms with Crippen LogP contribution < -0.4 is 4.74 Å². The van der Waals surface area contributed by atoms with E-state index in [0.717, 1.165) is 61.8 Å². The molecule has 1 aliphatic heterocycles. The molecule has 1 aliphatic rings. The molecule has 0 saturated heterocycles. The summed E-state index contributed by atoms with van der Waals surface area (Å²) in [4.78, 5) is 26.5. The van der Waals surface area contributed by atoms with Crippen molar-refractivity contribution in [3.63, 3.8) is 0 Å². The van der Waals surface area contributed by atoms with Crippen LogP contribution in [0, 0.1) is 5.92 Å². The topological polar surface area (TPSA) is 66.8 Å². The molecule has 3 aromatic rings. The molecule has 0 spiro atoms. The van der Waals surface area contributed by atoms with Gasteiger partial charge in [-0.15, -0.1) is 0 Å². The van der Waals surface area contributed by atoms with Crippen LogP contribution in [0.5, 0.6) is 5.75 Å². The Hall–Kier alpha value is -3.60. The summed E-state index contributed by atoms with van der Waals surface area (Å²) in [7, 11) is 0. The number of fused-ring (bicyclic) bond motifs is 1. The van der Waals surface area contributed by atoms with Crippen molar-refractivity contribution in [2.24, 2.45) is 5.92 Å². The normalized spacial score (nSPS) is 16.3. The van der Waals surface area contributed by atoms with Gasteiger partial charge in [-0.1, -0.05) is 75.7 Å². The number of benzene rings is 3. The van der Waals surface area contributed by atoms with Gasteiger partial charge in [-0.05, 0) is 91.0 Å². The van der Waals surface area contributed by atoms with E-state index >= 15 is 0 Å². The average molecular weight is 542 g/mol. The van der Waals surface area contributed by atoms with Gasteiger partial charge in [0.05, 0.1) is 0 Å². The molecule has 0 aliphatic carbocycles. The van der Waals surface area contributed by atoms with Crippen molar-refractivity contribution in [2.45, 2.75) is 84.8 Å². The summed E-state index contributed by atoms with van der Waals surface area (Å²) >= 11 is 0. The first-order valence-corrected chi connectivity index (χ1v) is 14.6. The van der Waals surface area contributed by atoms with Gasteiger partial charge >= 0.3 is 5.97 Å². The van der Waals surface area contributed by atoms with Gasteiger partial charge in [-0.3, -0.25) is 9.59 Å². The van der Waals surface area contributed by atoms with Gasteiger partial charge in [0.2, 0.25) is 0 Å². The molecule has 3 aromatic carbocycles. The molecule has 4 rings (SSSR count). The highest BCUT2D eigenvalue weighted by atomic mass is 16.5. The quantitative estimate of drug-likeness (QED) is 0.262. The van der Waals surface area contributed by atoms with E-state index in [1.54, 1.807) is 6.07 Å². The zero-order valence-corrected chi connectivity index (χ0v) is 24.4. The Morgan fingerprint density at radius 2 is 1.60 bits per heavy atom. The molecular formula is C35H43NO4. The summed E-state index contributed by atoms with van der Waals surface area (Å²) < 4.78 is 6.49. The number of amides is 1. The van der Waals surface area contributed by atoms with Crippen LogP contribution in [0.4, 0.5) is 0 Å². The summed E-state index contributed by atoms with van der Waals surface area (Å²) in [5.41, 5.74) is 5.95. The molecule has 1 amide bonds. The summed E-state index contributed by atoms with van der Waals surface area (Å²) in [6, 6.07) is 22.5.